The monoisotopic (exact) mass is 343 g/mol. The van der Waals surface area contributed by atoms with Crippen LogP contribution in [0.1, 0.15) is 23.1 Å². The van der Waals surface area contributed by atoms with Gasteiger partial charge in [-0.25, -0.2) is 5.43 Å². The molecule has 24 heavy (non-hydrogen) atoms. The maximum atomic E-state index is 11.9. The van der Waals surface area contributed by atoms with Gasteiger partial charge in [0, 0.05) is 10.7 Å². The van der Waals surface area contributed by atoms with E-state index in [1.54, 1.807) is 30.3 Å². The molecule has 0 atom stereocenters. The number of benzene rings is 2. The highest BCUT2D eigenvalue weighted by Crippen LogP contribution is 2.14. The van der Waals surface area contributed by atoms with E-state index >= 15 is 0 Å². The number of anilines is 1. The Labute approximate surface area is 145 Å². The molecular weight excluding hydrogens is 326 g/mol. The lowest BCUT2D eigenvalue weighted by molar-refractivity contribution is -0.126. The molecule has 0 aliphatic rings. The Bertz CT molecular complexity index is 770. The average Bonchev–Trinajstić information content (AvgIpc) is 2.53. The van der Waals surface area contributed by atoms with Gasteiger partial charge in [-0.2, -0.15) is 5.10 Å². The summed E-state index contributed by atoms with van der Waals surface area (Å²) in [5.74, 6) is -0.876. The standard InChI is InChI=1S/C18H18ClN3O2/c1-12-3-8-16(9-13(12)2)21-17(23)10-18(24)22-20-11-14-4-6-15(19)7-5-14/h3-9,11H,10H2,1-2H3,(H,21,23)(H,22,24). The Morgan fingerprint density at radius 2 is 1.75 bits per heavy atom. The lowest BCUT2D eigenvalue weighted by Gasteiger charge is -2.07. The van der Waals surface area contributed by atoms with Crippen LogP contribution in [0.4, 0.5) is 5.69 Å². The minimum Gasteiger partial charge on any atom is -0.326 e. The number of nitrogens with one attached hydrogen (secondary N) is 2. The highest BCUT2D eigenvalue weighted by atomic mass is 35.5. The molecule has 0 radical (unpaired) electrons. The van der Waals surface area contributed by atoms with Gasteiger partial charge in [-0.15, -0.1) is 0 Å². The van der Waals surface area contributed by atoms with Gasteiger partial charge in [0.1, 0.15) is 6.42 Å². The minimum atomic E-state index is -0.485. The quantitative estimate of drug-likeness (QED) is 0.496. The summed E-state index contributed by atoms with van der Waals surface area (Å²) in [5.41, 5.74) is 5.99. The predicted octanol–water partition coefficient (Wildman–Crippen LogP) is 3.44. The molecule has 0 saturated heterocycles. The van der Waals surface area contributed by atoms with Crippen LogP contribution >= 0.6 is 11.6 Å². The second-order valence-electron chi connectivity index (χ2n) is 5.37. The Morgan fingerprint density at radius 1 is 1.04 bits per heavy atom. The molecule has 0 aliphatic carbocycles. The number of hydrogen-bond donors (Lipinski definition) is 2. The van der Waals surface area contributed by atoms with Crippen LogP contribution in [0.25, 0.3) is 0 Å². The van der Waals surface area contributed by atoms with Crippen molar-refractivity contribution >= 4 is 35.3 Å². The number of carbonyl (C=O) groups is 2. The van der Waals surface area contributed by atoms with Crippen molar-refractivity contribution in [1.82, 2.24) is 5.43 Å². The van der Waals surface area contributed by atoms with Gasteiger partial charge in [0.2, 0.25) is 11.8 Å². The lowest BCUT2D eigenvalue weighted by Crippen LogP contribution is -2.24. The average molecular weight is 344 g/mol. The molecule has 0 spiro atoms. The Morgan fingerprint density at radius 3 is 2.42 bits per heavy atom. The smallest absolute Gasteiger partial charge is 0.249 e. The molecule has 2 rings (SSSR count). The van der Waals surface area contributed by atoms with E-state index in [0.29, 0.717) is 10.7 Å². The summed E-state index contributed by atoms with van der Waals surface area (Å²) in [6, 6.07) is 12.6. The maximum absolute atomic E-state index is 11.9. The van der Waals surface area contributed by atoms with Crippen molar-refractivity contribution in [2.45, 2.75) is 20.3 Å². The summed E-state index contributed by atoms with van der Waals surface area (Å²) in [4.78, 5) is 23.6. The molecule has 0 fully saturated rings. The van der Waals surface area contributed by atoms with Crippen LogP contribution in [0, 0.1) is 13.8 Å². The van der Waals surface area contributed by atoms with E-state index in [-0.39, 0.29) is 6.42 Å². The fraction of sp³-hybridized carbons (Fsp3) is 0.167. The van der Waals surface area contributed by atoms with E-state index in [4.69, 9.17) is 11.6 Å². The fourth-order valence-electron chi connectivity index (χ4n) is 1.94. The highest BCUT2D eigenvalue weighted by Gasteiger charge is 2.09. The molecule has 0 unspecified atom stereocenters. The number of carbonyl (C=O) groups excluding carboxylic acids is 2. The lowest BCUT2D eigenvalue weighted by atomic mass is 10.1. The van der Waals surface area contributed by atoms with Crippen LogP contribution in [0.5, 0.6) is 0 Å². The molecule has 2 aromatic carbocycles. The predicted molar refractivity (Wildman–Crippen MR) is 96.4 cm³/mol. The summed E-state index contributed by atoms with van der Waals surface area (Å²) >= 11 is 5.78. The van der Waals surface area contributed by atoms with Crippen molar-refractivity contribution in [3.8, 4) is 0 Å². The third-order valence-corrected chi connectivity index (χ3v) is 3.64. The van der Waals surface area contributed by atoms with E-state index in [1.165, 1.54) is 6.21 Å². The number of aryl methyl sites for hydroxylation is 2. The van der Waals surface area contributed by atoms with E-state index < -0.39 is 11.8 Å². The van der Waals surface area contributed by atoms with Crippen LogP contribution in [-0.4, -0.2) is 18.0 Å². The molecule has 0 aromatic heterocycles. The molecule has 0 heterocycles. The Hall–Kier alpha value is -2.66. The van der Waals surface area contributed by atoms with Crippen molar-refractivity contribution in [3.05, 3.63) is 64.2 Å². The van der Waals surface area contributed by atoms with Crippen LogP contribution < -0.4 is 10.7 Å². The van der Waals surface area contributed by atoms with Crippen molar-refractivity contribution in [2.24, 2.45) is 5.10 Å². The Balaban J connectivity index is 1.81. The van der Waals surface area contributed by atoms with E-state index in [0.717, 1.165) is 16.7 Å². The van der Waals surface area contributed by atoms with Gasteiger partial charge in [-0.1, -0.05) is 29.8 Å². The summed E-state index contributed by atoms with van der Waals surface area (Å²) in [6.07, 6.45) is 1.18. The van der Waals surface area contributed by atoms with Crippen molar-refractivity contribution < 1.29 is 9.59 Å². The Kier molecular flexibility index (Phi) is 6.09. The SMILES string of the molecule is Cc1ccc(NC(=O)CC(=O)NN=Cc2ccc(Cl)cc2)cc1C. The van der Waals surface area contributed by atoms with Gasteiger partial charge in [0.15, 0.2) is 0 Å². The van der Waals surface area contributed by atoms with Gasteiger partial charge in [-0.05, 0) is 54.8 Å². The molecular formula is C18H18ClN3O2. The van der Waals surface area contributed by atoms with Crippen molar-refractivity contribution in [2.75, 3.05) is 5.32 Å². The van der Waals surface area contributed by atoms with Gasteiger partial charge in [-0.3, -0.25) is 9.59 Å². The molecule has 5 nitrogen and oxygen atoms in total. The summed E-state index contributed by atoms with van der Waals surface area (Å²) in [6.45, 7) is 3.95. The topological polar surface area (TPSA) is 70.6 Å². The zero-order valence-electron chi connectivity index (χ0n) is 13.5. The number of hydrazone groups is 1. The second kappa shape index (κ2) is 8.26. The number of rotatable bonds is 5. The maximum Gasteiger partial charge on any atom is 0.249 e. The zero-order chi connectivity index (χ0) is 17.5. The number of amides is 2. The number of nitrogens with zero attached hydrogens (tertiary/aromatic N) is 1. The van der Waals surface area contributed by atoms with E-state index in [1.807, 2.05) is 26.0 Å². The molecule has 0 aliphatic heterocycles. The first kappa shape index (κ1) is 17.7. The molecule has 6 heteroatoms. The molecule has 0 saturated carbocycles. The van der Waals surface area contributed by atoms with Crippen LogP contribution in [0.2, 0.25) is 5.02 Å². The molecule has 2 amide bonds. The van der Waals surface area contributed by atoms with E-state index in [2.05, 4.69) is 15.8 Å². The third kappa shape index (κ3) is 5.52. The van der Waals surface area contributed by atoms with E-state index in [9.17, 15) is 9.59 Å². The first-order valence-electron chi connectivity index (χ1n) is 7.38. The first-order valence-corrected chi connectivity index (χ1v) is 7.76. The summed E-state index contributed by atoms with van der Waals surface area (Å²) in [5, 5.41) is 7.12. The summed E-state index contributed by atoms with van der Waals surface area (Å²) in [7, 11) is 0. The van der Waals surface area contributed by atoms with Crippen LogP contribution in [0.3, 0.4) is 0 Å². The highest BCUT2D eigenvalue weighted by molar-refractivity contribution is 6.30. The fourth-order valence-corrected chi connectivity index (χ4v) is 2.06. The molecule has 124 valence electrons. The summed E-state index contributed by atoms with van der Waals surface area (Å²) < 4.78 is 0. The van der Waals surface area contributed by atoms with Gasteiger partial charge < -0.3 is 5.32 Å². The molecule has 0 bridgehead atoms. The van der Waals surface area contributed by atoms with Crippen LogP contribution in [0.15, 0.2) is 47.6 Å². The van der Waals surface area contributed by atoms with Crippen molar-refractivity contribution in [3.63, 3.8) is 0 Å². The molecule has 2 aromatic rings. The van der Waals surface area contributed by atoms with Gasteiger partial charge >= 0.3 is 0 Å². The number of hydrogen-bond acceptors (Lipinski definition) is 3. The van der Waals surface area contributed by atoms with Gasteiger partial charge in [0.05, 0.1) is 6.21 Å². The molecule has 2 N–H and O–H groups in total. The zero-order valence-corrected chi connectivity index (χ0v) is 14.2. The van der Waals surface area contributed by atoms with Crippen LogP contribution in [-0.2, 0) is 9.59 Å². The largest absolute Gasteiger partial charge is 0.326 e. The normalized spacial score (nSPS) is 10.6. The minimum absolute atomic E-state index is 0.301. The first-order chi connectivity index (χ1) is 11.4. The van der Waals surface area contributed by atoms with Crippen molar-refractivity contribution in [1.29, 1.82) is 0 Å². The van der Waals surface area contributed by atoms with Gasteiger partial charge in [0.25, 0.3) is 0 Å². The number of halogens is 1. The third-order valence-electron chi connectivity index (χ3n) is 3.38. The second-order valence-corrected chi connectivity index (χ2v) is 5.81.